The molecule has 0 radical (unpaired) electrons. The lowest BCUT2D eigenvalue weighted by molar-refractivity contribution is -0.117. The van der Waals surface area contributed by atoms with E-state index < -0.39 is 0 Å². The van der Waals surface area contributed by atoms with Gasteiger partial charge in [0.25, 0.3) is 0 Å². The number of amidine groups is 1. The molecule has 1 aliphatic heterocycles. The van der Waals surface area contributed by atoms with E-state index >= 15 is 0 Å². The predicted molar refractivity (Wildman–Crippen MR) is 61.3 cm³/mol. The molecule has 1 aromatic heterocycles. The van der Waals surface area contributed by atoms with E-state index in [1.165, 1.54) is 0 Å². The number of amides is 1. The van der Waals surface area contributed by atoms with Gasteiger partial charge in [0, 0.05) is 17.1 Å². The van der Waals surface area contributed by atoms with Crippen LogP contribution in [0.2, 0.25) is 0 Å². The van der Waals surface area contributed by atoms with Crippen LogP contribution in [0.3, 0.4) is 0 Å². The van der Waals surface area contributed by atoms with Gasteiger partial charge in [0.2, 0.25) is 5.91 Å². The highest BCUT2D eigenvalue weighted by Crippen LogP contribution is 2.14. The normalized spacial score (nSPS) is 15.0. The Balaban J connectivity index is 2.09. The van der Waals surface area contributed by atoms with Crippen LogP contribution in [-0.2, 0) is 4.79 Å². The van der Waals surface area contributed by atoms with Crippen molar-refractivity contribution in [3.63, 3.8) is 0 Å². The zero-order valence-electron chi connectivity index (χ0n) is 8.47. The van der Waals surface area contributed by atoms with Gasteiger partial charge in [-0.25, -0.2) is 0 Å². The first-order valence-electron chi connectivity index (χ1n) is 5.02. The number of carbonyl (C=O) groups excluding carboxylic acids is 1. The number of nitrogens with zero attached hydrogens (tertiary/aromatic N) is 2. The fourth-order valence-electron chi connectivity index (χ4n) is 1.75. The van der Waals surface area contributed by atoms with E-state index in [4.69, 9.17) is 0 Å². The molecule has 0 saturated carbocycles. The largest absolute Gasteiger partial charge is 0.309 e. The van der Waals surface area contributed by atoms with E-state index in [1.54, 1.807) is 6.20 Å². The Bertz CT molecular complexity index is 604. The van der Waals surface area contributed by atoms with Crippen LogP contribution in [0, 0.1) is 0 Å². The van der Waals surface area contributed by atoms with Crippen molar-refractivity contribution in [3.05, 3.63) is 42.1 Å². The molecule has 1 aromatic carbocycles. The van der Waals surface area contributed by atoms with Gasteiger partial charge in [-0.1, -0.05) is 6.07 Å². The number of aromatic nitrogens is 1. The number of fused-ring (bicyclic) bond motifs is 1. The summed E-state index contributed by atoms with van der Waals surface area (Å²) in [5, 5.41) is 3.77. The fraction of sp³-hybridized carbons (Fsp3) is 0.0833. The summed E-state index contributed by atoms with van der Waals surface area (Å²) in [5.74, 6) is 0.594. The van der Waals surface area contributed by atoms with Gasteiger partial charge in [0.15, 0.2) is 0 Å². The van der Waals surface area contributed by atoms with Crippen LogP contribution in [-0.4, -0.2) is 23.3 Å². The van der Waals surface area contributed by atoms with Crippen molar-refractivity contribution in [2.45, 2.75) is 0 Å². The zero-order chi connectivity index (χ0) is 11.0. The summed E-state index contributed by atoms with van der Waals surface area (Å²) in [6.07, 6.45) is 1.76. The molecule has 78 valence electrons. The average Bonchev–Trinajstić information content (AvgIpc) is 2.75. The molecule has 0 fully saturated rings. The van der Waals surface area contributed by atoms with Gasteiger partial charge in [0.05, 0.1) is 5.52 Å². The summed E-state index contributed by atoms with van der Waals surface area (Å²) in [4.78, 5) is 19.4. The lowest BCUT2D eigenvalue weighted by atomic mass is 10.1. The van der Waals surface area contributed by atoms with Crippen LogP contribution in [0.25, 0.3) is 10.9 Å². The minimum absolute atomic E-state index is 0.0544. The van der Waals surface area contributed by atoms with Gasteiger partial charge < -0.3 is 5.32 Å². The summed E-state index contributed by atoms with van der Waals surface area (Å²) in [6, 6.07) is 9.70. The number of hydrogen-bond donors (Lipinski definition) is 1. The third kappa shape index (κ3) is 1.44. The van der Waals surface area contributed by atoms with Gasteiger partial charge in [0.1, 0.15) is 12.4 Å². The number of pyridine rings is 1. The van der Waals surface area contributed by atoms with Gasteiger partial charge in [-0.2, -0.15) is 0 Å². The van der Waals surface area contributed by atoms with Gasteiger partial charge in [-0.15, -0.1) is 0 Å². The van der Waals surface area contributed by atoms with Crippen LogP contribution >= 0.6 is 0 Å². The maximum Gasteiger partial charge on any atom is 0.247 e. The van der Waals surface area contributed by atoms with E-state index in [0.717, 1.165) is 16.5 Å². The van der Waals surface area contributed by atoms with E-state index in [2.05, 4.69) is 15.3 Å². The molecule has 3 rings (SSSR count). The Labute approximate surface area is 92.0 Å². The van der Waals surface area contributed by atoms with Crippen molar-refractivity contribution in [2.24, 2.45) is 4.99 Å². The molecule has 0 atom stereocenters. The topological polar surface area (TPSA) is 54.4 Å². The Kier molecular flexibility index (Phi) is 1.93. The maximum atomic E-state index is 11.1. The highest BCUT2D eigenvalue weighted by Gasteiger charge is 2.14. The van der Waals surface area contributed by atoms with E-state index in [0.29, 0.717) is 5.84 Å². The van der Waals surface area contributed by atoms with Crippen molar-refractivity contribution in [1.82, 2.24) is 10.3 Å². The number of hydrogen-bond acceptors (Lipinski definition) is 3. The molecule has 16 heavy (non-hydrogen) atoms. The van der Waals surface area contributed by atoms with Crippen LogP contribution in [0.1, 0.15) is 5.56 Å². The Morgan fingerprint density at radius 2 is 2.19 bits per heavy atom. The minimum Gasteiger partial charge on any atom is -0.309 e. The molecule has 1 amide bonds. The Morgan fingerprint density at radius 1 is 1.25 bits per heavy atom. The van der Waals surface area contributed by atoms with Crippen LogP contribution < -0.4 is 5.32 Å². The molecule has 4 heteroatoms. The van der Waals surface area contributed by atoms with E-state index in [9.17, 15) is 4.79 Å². The Hall–Kier alpha value is -2.23. The van der Waals surface area contributed by atoms with E-state index in [1.807, 2.05) is 30.3 Å². The first-order chi connectivity index (χ1) is 7.83. The lowest BCUT2D eigenvalue weighted by Gasteiger charge is -2.02. The fourth-order valence-corrected chi connectivity index (χ4v) is 1.75. The van der Waals surface area contributed by atoms with E-state index in [-0.39, 0.29) is 12.5 Å². The second-order valence-corrected chi connectivity index (χ2v) is 3.62. The second-order valence-electron chi connectivity index (χ2n) is 3.62. The van der Waals surface area contributed by atoms with Crippen molar-refractivity contribution < 1.29 is 4.79 Å². The third-order valence-corrected chi connectivity index (χ3v) is 2.52. The number of carbonyl (C=O) groups is 1. The first kappa shape index (κ1) is 9.03. The molecule has 0 aliphatic carbocycles. The average molecular weight is 211 g/mol. The maximum absolute atomic E-state index is 11.1. The van der Waals surface area contributed by atoms with Crippen molar-refractivity contribution in [3.8, 4) is 0 Å². The molecular weight excluding hydrogens is 202 g/mol. The van der Waals surface area contributed by atoms with Crippen LogP contribution in [0.4, 0.5) is 0 Å². The van der Waals surface area contributed by atoms with Gasteiger partial charge in [-0.3, -0.25) is 14.8 Å². The molecule has 0 saturated heterocycles. The van der Waals surface area contributed by atoms with Gasteiger partial charge in [-0.05, 0) is 24.3 Å². The quantitative estimate of drug-likeness (QED) is 0.768. The molecule has 2 heterocycles. The molecule has 0 unspecified atom stereocenters. The van der Waals surface area contributed by atoms with Gasteiger partial charge >= 0.3 is 0 Å². The summed E-state index contributed by atoms with van der Waals surface area (Å²) in [7, 11) is 0. The molecule has 0 spiro atoms. The highest BCUT2D eigenvalue weighted by molar-refractivity contribution is 6.13. The second kappa shape index (κ2) is 3.41. The number of aliphatic imine (C=N–C) groups is 1. The SMILES string of the molecule is O=C1CN=C(c2ccc3ncccc3c2)N1. The molecule has 4 nitrogen and oxygen atoms in total. The van der Waals surface area contributed by atoms with Crippen molar-refractivity contribution >= 4 is 22.6 Å². The number of nitrogens with one attached hydrogen (secondary N) is 1. The molecule has 1 N–H and O–H groups in total. The number of benzene rings is 1. The highest BCUT2D eigenvalue weighted by atomic mass is 16.2. The predicted octanol–water partition coefficient (Wildman–Crippen LogP) is 1.11. The van der Waals surface area contributed by atoms with Crippen molar-refractivity contribution in [2.75, 3.05) is 6.54 Å². The Morgan fingerprint density at radius 3 is 3.00 bits per heavy atom. The standard InChI is InChI=1S/C12H9N3O/c16-11-7-14-12(15-11)9-3-4-10-8(6-9)2-1-5-13-10/h1-6H,7H2,(H,14,15,16). The van der Waals surface area contributed by atoms with Crippen LogP contribution in [0.5, 0.6) is 0 Å². The molecule has 0 bridgehead atoms. The smallest absolute Gasteiger partial charge is 0.247 e. The number of rotatable bonds is 1. The molecule has 2 aromatic rings. The minimum atomic E-state index is -0.0544. The molecule has 1 aliphatic rings. The molecular formula is C12H9N3O. The summed E-state index contributed by atoms with van der Waals surface area (Å²) in [5.41, 5.74) is 1.86. The summed E-state index contributed by atoms with van der Waals surface area (Å²) in [6.45, 7) is 0.223. The lowest BCUT2D eigenvalue weighted by Crippen LogP contribution is -2.25. The summed E-state index contributed by atoms with van der Waals surface area (Å²) >= 11 is 0. The van der Waals surface area contributed by atoms with Crippen LogP contribution in [0.15, 0.2) is 41.5 Å². The summed E-state index contributed by atoms with van der Waals surface area (Å²) < 4.78 is 0. The van der Waals surface area contributed by atoms with Crippen molar-refractivity contribution in [1.29, 1.82) is 0 Å². The first-order valence-corrected chi connectivity index (χ1v) is 5.02. The zero-order valence-corrected chi connectivity index (χ0v) is 8.47. The monoisotopic (exact) mass is 211 g/mol. The third-order valence-electron chi connectivity index (χ3n) is 2.52.